The van der Waals surface area contributed by atoms with Gasteiger partial charge in [-0.05, 0) is 44.9 Å². The average molecular weight is 663 g/mol. The van der Waals surface area contributed by atoms with E-state index in [-0.39, 0.29) is 19.6 Å². The van der Waals surface area contributed by atoms with Crippen LogP contribution in [0.3, 0.4) is 0 Å². The van der Waals surface area contributed by atoms with Crippen molar-refractivity contribution in [3.8, 4) is 0 Å². The summed E-state index contributed by atoms with van der Waals surface area (Å²) in [7, 11) is -4.50. The molecule has 0 aromatic rings. The number of hydrogen-bond donors (Lipinski definition) is 3. The van der Waals surface area contributed by atoms with Crippen LogP contribution < -0.4 is 0 Å². The first-order valence-electron chi connectivity index (χ1n) is 17.8. The average Bonchev–Trinajstić information content (AvgIpc) is 3.03. The van der Waals surface area contributed by atoms with Gasteiger partial charge in [0.2, 0.25) is 0 Å². The molecule has 0 aliphatic carbocycles. The van der Waals surface area contributed by atoms with Crippen LogP contribution >= 0.6 is 7.82 Å². The predicted molar refractivity (Wildman–Crippen MR) is 182 cm³/mol. The lowest BCUT2D eigenvalue weighted by atomic mass is 10.1. The van der Waals surface area contributed by atoms with E-state index in [1.807, 2.05) is 0 Å². The Morgan fingerprint density at radius 1 is 0.689 bits per heavy atom. The summed E-state index contributed by atoms with van der Waals surface area (Å²) in [5.41, 5.74) is 0. The molecule has 0 rings (SSSR count). The molecular weight excluding hydrogens is 595 g/mol. The van der Waals surface area contributed by atoms with E-state index in [0.717, 1.165) is 51.4 Å². The molecule has 45 heavy (non-hydrogen) atoms. The lowest BCUT2D eigenvalue weighted by Crippen LogP contribution is -2.29. The van der Waals surface area contributed by atoms with Crippen molar-refractivity contribution in [2.45, 2.75) is 161 Å². The standard InChI is InChI=1S/C35H67O9P/c1-3-5-7-9-11-12-13-14-15-16-17-18-19-20-22-24-26-28-41-31-34(32-43-45(39,40)42-30-33(37)29-36)44-35(38)27-25-23-21-10-8-6-4-2/h12-13,15-16,33-34,36-37H,3-11,14,17-32H2,1-2H3,(H,39,40)/b13-12-,16-15-. The first kappa shape index (κ1) is 43.9. The Kier molecular flexibility index (Phi) is 32.1. The normalized spacial score (nSPS) is 14.7. The van der Waals surface area contributed by atoms with Gasteiger partial charge in [0.05, 0.1) is 26.4 Å². The molecule has 0 radical (unpaired) electrons. The number of carbonyl (C=O) groups excluding carboxylic acids is 1. The van der Waals surface area contributed by atoms with Gasteiger partial charge in [-0.2, -0.15) is 0 Å². The molecule has 0 fully saturated rings. The van der Waals surface area contributed by atoms with Gasteiger partial charge < -0.3 is 24.6 Å². The van der Waals surface area contributed by atoms with E-state index < -0.39 is 39.2 Å². The smallest absolute Gasteiger partial charge is 0.457 e. The first-order valence-corrected chi connectivity index (χ1v) is 19.3. The van der Waals surface area contributed by atoms with E-state index in [1.54, 1.807) is 0 Å². The van der Waals surface area contributed by atoms with Crippen molar-refractivity contribution in [2.75, 3.05) is 33.0 Å². The lowest BCUT2D eigenvalue weighted by molar-refractivity contribution is -0.154. The van der Waals surface area contributed by atoms with Crippen LogP contribution in [0.2, 0.25) is 0 Å². The quantitative estimate of drug-likeness (QED) is 0.0268. The van der Waals surface area contributed by atoms with E-state index in [0.29, 0.717) is 6.61 Å². The summed E-state index contributed by atoms with van der Waals surface area (Å²) in [4.78, 5) is 22.3. The minimum atomic E-state index is -4.50. The number of esters is 1. The second kappa shape index (κ2) is 32.9. The molecule has 3 N–H and O–H groups in total. The van der Waals surface area contributed by atoms with E-state index in [4.69, 9.17) is 23.6 Å². The Bertz CT molecular complexity index is 759. The van der Waals surface area contributed by atoms with Gasteiger partial charge in [-0.25, -0.2) is 4.57 Å². The number of ether oxygens (including phenoxy) is 2. The highest BCUT2D eigenvalue weighted by Crippen LogP contribution is 2.43. The number of phosphoric ester groups is 1. The first-order chi connectivity index (χ1) is 21.8. The Labute approximate surface area is 274 Å². The minimum Gasteiger partial charge on any atom is -0.457 e. The monoisotopic (exact) mass is 662 g/mol. The zero-order chi connectivity index (χ0) is 33.3. The van der Waals surface area contributed by atoms with Crippen molar-refractivity contribution >= 4 is 13.8 Å². The SMILES string of the molecule is CCCCCC/C=C\C/C=C\CCCCCCCCOCC(COP(=O)(O)OCC(O)CO)OC(=O)CCCCCCCCC. The van der Waals surface area contributed by atoms with Gasteiger partial charge in [0.15, 0.2) is 0 Å². The number of allylic oxidation sites excluding steroid dienone is 4. The molecule has 0 aliphatic heterocycles. The highest BCUT2D eigenvalue weighted by Gasteiger charge is 2.26. The van der Waals surface area contributed by atoms with E-state index >= 15 is 0 Å². The molecule has 3 unspecified atom stereocenters. The number of hydrogen-bond acceptors (Lipinski definition) is 8. The lowest BCUT2D eigenvalue weighted by Gasteiger charge is -2.20. The summed E-state index contributed by atoms with van der Waals surface area (Å²) in [6.07, 6.45) is 30.1. The maximum Gasteiger partial charge on any atom is 0.472 e. The van der Waals surface area contributed by atoms with Gasteiger partial charge in [-0.15, -0.1) is 0 Å². The van der Waals surface area contributed by atoms with E-state index in [9.17, 15) is 19.4 Å². The van der Waals surface area contributed by atoms with Crippen LogP contribution in [0, 0.1) is 0 Å². The van der Waals surface area contributed by atoms with Gasteiger partial charge in [-0.3, -0.25) is 13.8 Å². The van der Waals surface area contributed by atoms with Crippen LogP contribution in [0.5, 0.6) is 0 Å². The molecule has 0 amide bonds. The van der Waals surface area contributed by atoms with E-state index in [2.05, 4.69) is 38.2 Å². The topological polar surface area (TPSA) is 132 Å². The molecule has 0 spiro atoms. The van der Waals surface area contributed by atoms with Crippen molar-refractivity contribution < 1.29 is 43.0 Å². The highest BCUT2D eigenvalue weighted by molar-refractivity contribution is 7.47. The number of rotatable bonds is 34. The number of unbranched alkanes of at least 4 members (excludes halogenated alkanes) is 16. The number of aliphatic hydroxyl groups is 2. The molecule has 3 atom stereocenters. The molecule has 266 valence electrons. The maximum absolute atomic E-state index is 12.4. The largest absolute Gasteiger partial charge is 0.472 e. The fourth-order valence-corrected chi connectivity index (χ4v) is 5.41. The molecule has 0 aliphatic rings. The summed E-state index contributed by atoms with van der Waals surface area (Å²) in [6, 6.07) is 0. The number of aliphatic hydroxyl groups excluding tert-OH is 2. The minimum absolute atomic E-state index is 0.0441. The molecule has 9 nitrogen and oxygen atoms in total. The maximum atomic E-state index is 12.4. The predicted octanol–water partition coefficient (Wildman–Crippen LogP) is 8.75. The third-order valence-corrected chi connectivity index (χ3v) is 8.34. The van der Waals surface area contributed by atoms with Crippen LogP contribution in [0.25, 0.3) is 0 Å². The second-order valence-corrected chi connectivity index (χ2v) is 13.3. The highest BCUT2D eigenvalue weighted by atomic mass is 31.2. The fraction of sp³-hybridized carbons (Fsp3) is 0.857. The molecule has 0 heterocycles. The number of phosphoric acid groups is 1. The van der Waals surface area contributed by atoms with Crippen LogP contribution in [0.15, 0.2) is 24.3 Å². The number of carbonyl (C=O) groups is 1. The van der Waals surface area contributed by atoms with Crippen LogP contribution in [-0.4, -0.2) is 66.3 Å². The Morgan fingerprint density at radius 2 is 1.20 bits per heavy atom. The van der Waals surface area contributed by atoms with Crippen LogP contribution in [0.1, 0.15) is 149 Å². The summed E-state index contributed by atoms with van der Waals surface area (Å²) in [6.45, 7) is 3.41. The second-order valence-electron chi connectivity index (χ2n) is 11.9. The zero-order valence-electron chi connectivity index (χ0n) is 28.6. The van der Waals surface area contributed by atoms with Crippen molar-refractivity contribution in [1.82, 2.24) is 0 Å². The summed E-state index contributed by atoms with van der Waals surface area (Å²) < 4.78 is 33.0. The summed E-state index contributed by atoms with van der Waals surface area (Å²) >= 11 is 0. The molecule has 0 aromatic carbocycles. The zero-order valence-corrected chi connectivity index (χ0v) is 29.5. The third kappa shape index (κ3) is 32.7. The van der Waals surface area contributed by atoms with E-state index in [1.165, 1.54) is 77.0 Å². The van der Waals surface area contributed by atoms with Crippen LogP contribution in [0.4, 0.5) is 0 Å². The molecular formula is C35H67O9P. The molecule has 0 aromatic heterocycles. The van der Waals surface area contributed by atoms with Crippen molar-refractivity contribution in [2.24, 2.45) is 0 Å². The van der Waals surface area contributed by atoms with Gasteiger partial charge in [-0.1, -0.05) is 122 Å². The van der Waals surface area contributed by atoms with Gasteiger partial charge in [0.1, 0.15) is 12.2 Å². The van der Waals surface area contributed by atoms with Crippen molar-refractivity contribution in [1.29, 1.82) is 0 Å². The molecule has 0 bridgehead atoms. The fourth-order valence-electron chi connectivity index (χ4n) is 4.62. The molecule has 0 saturated carbocycles. The van der Waals surface area contributed by atoms with Gasteiger partial charge in [0, 0.05) is 13.0 Å². The molecule has 10 heteroatoms. The summed E-state index contributed by atoms with van der Waals surface area (Å²) in [5.74, 6) is -0.394. The van der Waals surface area contributed by atoms with Crippen molar-refractivity contribution in [3.05, 3.63) is 24.3 Å². The third-order valence-electron chi connectivity index (χ3n) is 7.39. The Hall–Kier alpha value is -1.06. The van der Waals surface area contributed by atoms with Gasteiger partial charge >= 0.3 is 13.8 Å². The Morgan fingerprint density at radius 3 is 1.80 bits per heavy atom. The molecule has 0 saturated heterocycles. The summed E-state index contributed by atoms with van der Waals surface area (Å²) in [5, 5.41) is 18.2. The van der Waals surface area contributed by atoms with Crippen LogP contribution in [-0.2, 0) is 27.9 Å². The Balaban J connectivity index is 4.18. The van der Waals surface area contributed by atoms with Crippen molar-refractivity contribution in [3.63, 3.8) is 0 Å². The van der Waals surface area contributed by atoms with Gasteiger partial charge in [0.25, 0.3) is 0 Å².